The number of hydrogen-bond acceptors (Lipinski definition) is 6. The summed E-state index contributed by atoms with van der Waals surface area (Å²) in [5.74, 6) is 1.73. The van der Waals surface area contributed by atoms with Crippen molar-refractivity contribution in [1.29, 1.82) is 0 Å². The summed E-state index contributed by atoms with van der Waals surface area (Å²) >= 11 is 0. The molecule has 0 rings (SSSR count). The van der Waals surface area contributed by atoms with Crippen molar-refractivity contribution in [2.45, 2.75) is 108 Å². The van der Waals surface area contributed by atoms with Gasteiger partial charge in [-0.15, -0.1) is 0 Å². The molecule has 0 atom stereocenters. The molecule has 0 unspecified atom stereocenters. The fraction of sp³-hybridized carbons (Fsp3) is 0.512. The van der Waals surface area contributed by atoms with E-state index in [1.165, 1.54) is 14.0 Å². The number of carbonyl (C=O) groups is 4. The second-order valence-corrected chi connectivity index (χ2v) is 15.3. The molecule has 0 saturated carbocycles. The van der Waals surface area contributed by atoms with Crippen LogP contribution in [0.5, 0.6) is 0 Å². The maximum Gasteiger partial charge on any atom is 0.373 e. The Morgan fingerprint density at radius 3 is 1.30 bits per heavy atom. The Hall–Kier alpha value is -3.65. The third kappa shape index (κ3) is 93.2. The van der Waals surface area contributed by atoms with Gasteiger partial charge in [0.1, 0.15) is 6.29 Å². The molecule has 0 bridgehead atoms. The van der Waals surface area contributed by atoms with Crippen molar-refractivity contribution in [3.63, 3.8) is 0 Å². The summed E-state index contributed by atoms with van der Waals surface area (Å²) < 4.78 is 0. The maximum absolute atomic E-state index is 11.3. The smallest absolute Gasteiger partial charge is 0.356 e. The second kappa shape index (κ2) is 64.4. The van der Waals surface area contributed by atoms with Crippen LogP contribution in [0.1, 0.15) is 108 Å². The van der Waals surface area contributed by atoms with Crippen molar-refractivity contribution in [2.24, 2.45) is 17.8 Å². The monoisotopic (exact) mass is 891 g/mol. The largest absolute Gasteiger partial charge is 0.373 e. The Kier molecular flexibility index (Phi) is 74.6. The molecule has 9 nitrogen and oxygen atoms in total. The molecular formula is C43H71B15N3O6. The molecule has 0 saturated heterocycles. The molecule has 0 aliphatic carbocycles. The topological polar surface area (TPSA) is 139 Å². The zero-order valence-electron chi connectivity index (χ0n) is 42.5. The summed E-state index contributed by atoms with van der Waals surface area (Å²) in [5.41, 5.74) is 0. The summed E-state index contributed by atoms with van der Waals surface area (Å²) in [6.45, 7) is 22.2. The Balaban J connectivity index is -0.000000131. The highest BCUT2D eigenvalue weighted by atomic mass is 16.2. The van der Waals surface area contributed by atoms with E-state index >= 15 is 0 Å². The fourth-order valence-corrected chi connectivity index (χ4v) is 3.24. The average molecular weight is 888 g/mol. The van der Waals surface area contributed by atoms with E-state index < -0.39 is 25.5 Å². The summed E-state index contributed by atoms with van der Waals surface area (Å²) in [4.78, 5) is 58.8. The number of aldehydes is 1. The molecule has 3 N–H and O–H groups in total. The summed E-state index contributed by atoms with van der Waals surface area (Å²) in [6.07, 6.45) is 34.6. The Bertz CT molecular complexity index is 1410. The van der Waals surface area contributed by atoms with E-state index in [4.69, 9.17) is 79.2 Å². The first-order chi connectivity index (χ1) is 31.5. The lowest BCUT2D eigenvalue weighted by Gasteiger charge is -2.13. The number of rotatable bonds is 24. The van der Waals surface area contributed by atoms with Crippen molar-refractivity contribution >= 4 is 139 Å². The predicted octanol–water partition coefficient (Wildman–Crippen LogP) is 3.04. The van der Waals surface area contributed by atoms with Crippen LogP contribution in [0.4, 0.5) is 0 Å². The zero-order chi connectivity index (χ0) is 53.3. The van der Waals surface area contributed by atoms with E-state index in [2.05, 4.69) is 69.6 Å². The van der Waals surface area contributed by atoms with E-state index in [0.717, 1.165) is 51.6 Å². The summed E-state index contributed by atoms with van der Waals surface area (Å²) in [5, 5.41) is 8.42. The van der Waals surface area contributed by atoms with Gasteiger partial charge in [0.2, 0.25) is 17.7 Å². The van der Waals surface area contributed by atoms with Gasteiger partial charge in [-0.05, 0) is 70.3 Å². The summed E-state index contributed by atoms with van der Waals surface area (Å²) in [7, 11) is 47.4. The Morgan fingerprint density at radius 2 is 0.970 bits per heavy atom. The van der Waals surface area contributed by atoms with Gasteiger partial charge in [0.05, 0.1) is 0 Å². The maximum atomic E-state index is 11.3. The van der Waals surface area contributed by atoms with E-state index in [1.54, 1.807) is 6.08 Å². The van der Waals surface area contributed by atoms with Gasteiger partial charge in [-0.3, -0.25) is 14.4 Å². The minimum Gasteiger partial charge on any atom is -0.356 e. The van der Waals surface area contributed by atoms with E-state index in [0.29, 0.717) is 30.6 Å². The van der Waals surface area contributed by atoms with Gasteiger partial charge in [0, 0.05) is 148 Å². The molecule has 339 valence electrons. The number of carbonyl (C=O) groups excluding carboxylic acids is 6. The lowest BCUT2D eigenvalue weighted by atomic mass is 8.68. The van der Waals surface area contributed by atoms with Crippen molar-refractivity contribution in [1.82, 2.24) is 16.0 Å². The molecule has 0 aliphatic rings. The lowest BCUT2D eigenvalue weighted by Crippen LogP contribution is -2.52. The molecular weight excluding hydrogens is 817 g/mol. The van der Waals surface area contributed by atoms with E-state index in [1.807, 2.05) is 99.8 Å². The van der Waals surface area contributed by atoms with Crippen LogP contribution in [0.25, 0.3) is 0 Å². The number of unbranched alkanes of at least 4 members (excludes halogenated alkanes) is 2. The van der Waals surface area contributed by atoms with Gasteiger partial charge in [0.15, 0.2) is 0 Å². The highest BCUT2D eigenvalue weighted by molar-refractivity contribution is 7.89. The third-order valence-corrected chi connectivity index (χ3v) is 6.99. The molecule has 0 fully saturated rings. The normalized spacial score (nSPS) is 10.3. The van der Waals surface area contributed by atoms with Gasteiger partial charge in [0.25, 0.3) is 0 Å². The standard InChI is InChI=1S/2C14H23NO.C8H12O.C6H13NO.CO2.B8.B7/c2*1-4-5-6-7-8-9-10-11-14(16)15-12-13(2)3;1-2-3-4-5-6-7-8-9;1-5(2)4-7-6(3)8;2-1-3;1-6(2)8(5)7(3)4;1-5-7(4)6(2)3/h4-7,10-11,13H,8-9,12H2,1-3H3,(H,15,16);4-7,9-10,13H,8,11-12H2,1-3H3,(H,15,16);2-5,8H,6-7H2,1H3;5H,4H2,1-3H3,(H,7,8);;;/b5-4+,7-6-,11-10+;5-4+,7-6-,10-9+;3-2+,5-4-;;;;. The molecule has 0 spiro atoms. The van der Waals surface area contributed by atoms with Gasteiger partial charge in [-0.1, -0.05) is 133 Å². The van der Waals surface area contributed by atoms with Crippen LogP contribution in [0.3, 0.4) is 0 Å². The summed E-state index contributed by atoms with van der Waals surface area (Å²) in [6, 6.07) is 0. The van der Waals surface area contributed by atoms with Crippen molar-refractivity contribution in [3.8, 4) is 0 Å². The third-order valence-electron chi connectivity index (χ3n) is 6.99. The molecule has 0 aromatic carbocycles. The van der Waals surface area contributed by atoms with Crippen molar-refractivity contribution in [3.05, 3.63) is 97.2 Å². The zero-order valence-corrected chi connectivity index (χ0v) is 42.5. The van der Waals surface area contributed by atoms with Gasteiger partial charge >= 0.3 is 6.15 Å². The number of amides is 3. The number of nitrogens with one attached hydrogen (secondary N) is 3. The van der Waals surface area contributed by atoms with Crippen LogP contribution in [-0.2, 0) is 28.8 Å². The van der Waals surface area contributed by atoms with E-state index in [-0.39, 0.29) is 30.3 Å². The average Bonchev–Trinajstić information content (AvgIpc) is 3.27. The number of hydrogen-bond donors (Lipinski definition) is 3. The first-order valence-corrected chi connectivity index (χ1v) is 22.5. The van der Waals surface area contributed by atoms with Crippen LogP contribution >= 0.6 is 0 Å². The molecule has 0 aromatic rings. The molecule has 0 aliphatic heterocycles. The van der Waals surface area contributed by atoms with E-state index in [9.17, 15) is 19.2 Å². The van der Waals surface area contributed by atoms with Crippen LogP contribution in [0.15, 0.2) is 97.2 Å². The Labute approximate surface area is 423 Å². The molecule has 0 aromatic heterocycles. The molecule has 19 radical (unpaired) electrons. The van der Waals surface area contributed by atoms with Gasteiger partial charge in [-0.25, -0.2) is 0 Å². The van der Waals surface area contributed by atoms with Gasteiger partial charge < -0.3 is 20.7 Å². The van der Waals surface area contributed by atoms with Crippen LogP contribution < -0.4 is 16.0 Å². The molecule has 3 amide bonds. The Morgan fingerprint density at radius 1 is 0.567 bits per heavy atom. The fourth-order valence-electron chi connectivity index (χ4n) is 3.24. The lowest BCUT2D eigenvalue weighted by molar-refractivity contribution is -0.191. The highest BCUT2D eigenvalue weighted by Crippen LogP contribution is 1.95. The molecule has 0 heterocycles. The highest BCUT2D eigenvalue weighted by Gasteiger charge is 2.14. The predicted molar refractivity (Wildman–Crippen MR) is 304 cm³/mol. The molecule has 67 heavy (non-hydrogen) atoms. The minimum atomic E-state index is -0.630. The van der Waals surface area contributed by atoms with Crippen LogP contribution in [0.2, 0.25) is 0 Å². The minimum absolute atomic E-state index is 0.00568. The van der Waals surface area contributed by atoms with Gasteiger partial charge in [-0.2, -0.15) is 9.59 Å². The van der Waals surface area contributed by atoms with Crippen LogP contribution in [0, 0.1) is 17.8 Å². The number of allylic oxidation sites excluding steroid dienone is 14. The van der Waals surface area contributed by atoms with Crippen LogP contribution in [-0.4, -0.2) is 158 Å². The SMILES string of the molecule is C/C=C/C=C\C/C=C/CC(=O)NCC(C)C.C/C=C/C=C\CC/C=C/C(=O)NCC(C)C.C/C=C/C=C\CCC=O.CC(=O)NCC(C)C.O=C=O.[B]B([B])B([B])B([B])[B].[B][B]B([B])B([B])[B]. The van der Waals surface area contributed by atoms with Crippen molar-refractivity contribution in [2.75, 3.05) is 19.6 Å². The van der Waals surface area contributed by atoms with Crippen molar-refractivity contribution < 1.29 is 28.8 Å². The first kappa shape index (κ1) is 77.6. The first-order valence-electron chi connectivity index (χ1n) is 22.5. The molecule has 24 heteroatoms. The second-order valence-electron chi connectivity index (χ2n) is 15.3. The quantitative estimate of drug-likeness (QED) is 0.0341.